The first kappa shape index (κ1) is 39.6. The molecule has 0 aromatic carbocycles. The fourth-order valence-corrected chi connectivity index (χ4v) is 5.09. The zero-order valence-corrected chi connectivity index (χ0v) is 27.2. The minimum atomic E-state index is -0.992. The summed E-state index contributed by atoms with van der Waals surface area (Å²) in [7, 11) is 0. The first-order chi connectivity index (χ1) is 20.5. The maximum absolute atomic E-state index is 11.9. The molecule has 0 bridgehead atoms. The third-order valence-electron chi connectivity index (χ3n) is 7.75. The Hall–Kier alpha value is -2.36. The number of carbonyl (C=O) groups is 2. The van der Waals surface area contributed by atoms with Gasteiger partial charge in [-0.3, -0.25) is 9.59 Å². The Morgan fingerprint density at radius 1 is 0.429 bits per heavy atom. The number of hydrogen-bond acceptors (Lipinski definition) is 2. The number of unbranched alkanes of at least 4 members (excludes halogenated alkanes) is 13. The van der Waals surface area contributed by atoms with Crippen molar-refractivity contribution in [3.63, 3.8) is 0 Å². The van der Waals surface area contributed by atoms with E-state index in [1.807, 2.05) is 12.2 Å². The SMILES string of the molecule is CCCCC/C=C\C/C=C\C/C=C\C/C=C\CCC(C(=O)O)C(CCCCCC/C=C\CCCCCCCC)C(=O)O. The van der Waals surface area contributed by atoms with Gasteiger partial charge in [0.05, 0.1) is 11.8 Å². The molecule has 4 heteroatoms. The van der Waals surface area contributed by atoms with Crippen LogP contribution in [0, 0.1) is 11.8 Å². The average molecular weight is 585 g/mol. The molecule has 0 spiro atoms. The molecule has 42 heavy (non-hydrogen) atoms. The minimum Gasteiger partial charge on any atom is -0.481 e. The van der Waals surface area contributed by atoms with Crippen LogP contribution in [-0.4, -0.2) is 22.2 Å². The van der Waals surface area contributed by atoms with Crippen LogP contribution in [0.3, 0.4) is 0 Å². The summed E-state index contributed by atoms with van der Waals surface area (Å²) in [6, 6.07) is 0. The fraction of sp³-hybridized carbons (Fsp3) is 0.684. The molecule has 240 valence electrons. The standard InChI is InChI=1S/C38H64O4/c1-3-5-7-9-11-13-15-17-19-20-22-24-26-28-30-32-34-36(38(41)42)35(37(39)40)33-31-29-27-25-23-21-18-16-14-12-10-8-6-4-2/h11,13,17-19,21-22,24,28,30,35-36H,3-10,12,14-16,20,23,25-27,29,31-34H2,1-2H3,(H,39,40)(H,41,42)/b13-11-,19-17-,21-18-,24-22-,30-28-. The van der Waals surface area contributed by atoms with E-state index in [1.165, 1.54) is 70.6 Å². The molecule has 0 saturated carbocycles. The van der Waals surface area contributed by atoms with Crippen molar-refractivity contribution in [2.45, 2.75) is 155 Å². The van der Waals surface area contributed by atoms with Crippen LogP contribution < -0.4 is 0 Å². The normalized spacial score (nSPS) is 13.9. The summed E-state index contributed by atoms with van der Waals surface area (Å²) in [5.41, 5.74) is 0. The van der Waals surface area contributed by atoms with E-state index in [2.05, 4.69) is 62.5 Å². The van der Waals surface area contributed by atoms with Crippen LogP contribution in [0.15, 0.2) is 60.8 Å². The number of carboxylic acids is 2. The maximum atomic E-state index is 11.9. The van der Waals surface area contributed by atoms with Crippen molar-refractivity contribution < 1.29 is 19.8 Å². The summed E-state index contributed by atoms with van der Waals surface area (Å²) in [5, 5.41) is 19.4. The summed E-state index contributed by atoms with van der Waals surface area (Å²) in [6.07, 6.45) is 45.0. The molecule has 4 nitrogen and oxygen atoms in total. The smallest absolute Gasteiger partial charge is 0.307 e. The Bertz CT molecular complexity index is 774. The van der Waals surface area contributed by atoms with Gasteiger partial charge >= 0.3 is 11.9 Å². The van der Waals surface area contributed by atoms with E-state index in [1.54, 1.807) is 0 Å². The largest absolute Gasteiger partial charge is 0.481 e. The van der Waals surface area contributed by atoms with Crippen molar-refractivity contribution >= 4 is 11.9 Å². The predicted octanol–water partition coefficient (Wildman–Crippen LogP) is 11.8. The highest BCUT2D eigenvalue weighted by molar-refractivity contribution is 5.79. The number of aliphatic carboxylic acids is 2. The summed E-state index contributed by atoms with van der Waals surface area (Å²) in [4.78, 5) is 23.7. The topological polar surface area (TPSA) is 74.6 Å². The van der Waals surface area contributed by atoms with Gasteiger partial charge in [0, 0.05) is 0 Å². The van der Waals surface area contributed by atoms with Gasteiger partial charge in [-0.1, -0.05) is 139 Å². The van der Waals surface area contributed by atoms with Crippen LogP contribution >= 0.6 is 0 Å². The number of hydrogen-bond donors (Lipinski definition) is 2. The molecule has 0 rings (SSSR count). The molecule has 0 aliphatic carbocycles. The van der Waals surface area contributed by atoms with Crippen LogP contribution in [0.2, 0.25) is 0 Å². The summed E-state index contributed by atoms with van der Waals surface area (Å²) in [5.74, 6) is -3.62. The van der Waals surface area contributed by atoms with Gasteiger partial charge in [0.15, 0.2) is 0 Å². The Kier molecular flexibility index (Phi) is 29.8. The first-order valence-corrected chi connectivity index (χ1v) is 17.2. The fourth-order valence-electron chi connectivity index (χ4n) is 5.09. The van der Waals surface area contributed by atoms with Crippen LogP contribution in [0.5, 0.6) is 0 Å². The Morgan fingerprint density at radius 2 is 0.762 bits per heavy atom. The molecule has 2 unspecified atom stereocenters. The molecular formula is C38H64O4. The van der Waals surface area contributed by atoms with Crippen molar-refractivity contribution in [3.05, 3.63) is 60.8 Å². The average Bonchev–Trinajstić information content (AvgIpc) is 2.97. The quantitative estimate of drug-likeness (QED) is 0.0650. The van der Waals surface area contributed by atoms with Crippen LogP contribution in [0.25, 0.3) is 0 Å². The first-order valence-electron chi connectivity index (χ1n) is 17.2. The van der Waals surface area contributed by atoms with Crippen molar-refractivity contribution in [1.82, 2.24) is 0 Å². The lowest BCUT2D eigenvalue weighted by Gasteiger charge is -2.20. The number of carboxylic acid groups (broad SMARTS) is 2. The minimum absolute atomic E-state index is 0.366. The van der Waals surface area contributed by atoms with E-state index < -0.39 is 23.8 Å². The molecule has 0 aliphatic heterocycles. The Labute approximate surface area is 259 Å². The van der Waals surface area contributed by atoms with Crippen molar-refractivity contribution in [3.8, 4) is 0 Å². The molecule has 0 aromatic rings. The highest BCUT2D eigenvalue weighted by Gasteiger charge is 2.32. The van der Waals surface area contributed by atoms with Gasteiger partial charge in [-0.25, -0.2) is 0 Å². The molecule has 2 atom stereocenters. The molecule has 0 heterocycles. The third-order valence-corrected chi connectivity index (χ3v) is 7.75. The van der Waals surface area contributed by atoms with Crippen molar-refractivity contribution in [1.29, 1.82) is 0 Å². The monoisotopic (exact) mass is 584 g/mol. The molecule has 0 amide bonds. The third kappa shape index (κ3) is 26.5. The van der Waals surface area contributed by atoms with Gasteiger partial charge in [0.1, 0.15) is 0 Å². The second-order valence-electron chi connectivity index (χ2n) is 11.6. The Morgan fingerprint density at radius 3 is 1.26 bits per heavy atom. The van der Waals surface area contributed by atoms with Crippen molar-refractivity contribution in [2.75, 3.05) is 0 Å². The van der Waals surface area contributed by atoms with Gasteiger partial charge in [0.25, 0.3) is 0 Å². The maximum Gasteiger partial charge on any atom is 0.307 e. The van der Waals surface area contributed by atoms with E-state index in [9.17, 15) is 19.8 Å². The van der Waals surface area contributed by atoms with Gasteiger partial charge < -0.3 is 10.2 Å². The lowest BCUT2D eigenvalue weighted by Crippen LogP contribution is -2.29. The highest BCUT2D eigenvalue weighted by atomic mass is 16.4. The zero-order valence-electron chi connectivity index (χ0n) is 27.2. The van der Waals surface area contributed by atoms with E-state index >= 15 is 0 Å². The van der Waals surface area contributed by atoms with E-state index in [4.69, 9.17) is 0 Å². The van der Waals surface area contributed by atoms with Gasteiger partial charge in [-0.15, -0.1) is 0 Å². The van der Waals surface area contributed by atoms with Crippen LogP contribution in [0.1, 0.15) is 155 Å². The second kappa shape index (κ2) is 31.6. The summed E-state index contributed by atoms with van der Waals surface area (Å²) in [6.45, 7) is 4.47. The molecule has 0 saturated heterocycles. The predicted molar refractivity (Wildman–Crippen MR) is 181 cm³/mol. The van der Waals surface area contributed by atoms with E-state index in [0.29, 0.717) is 19.3 Å². The molecule has 2 N–H and O–H groups in total. The molecule has 0 aromatic heterocycles. The van der Waals surface area contributed by atoms with E-state index in [0.717, 1.165) is 51.4 Å². The highest BCUT2D eigenvalue weighted by Crippen LogP contribution is 2.25. The molecule has 0 radical (unpaired) electrons. The summed E-state index contributed by atoms with van der Waals surface area (Å²) >= 11 is 0. The van der Waals surface area contributed by atoms with Gasteiger partial charge in [-0.2, -0.15) is 0 Å². The van der Waals surface area contributed by atoms with Gasteiger partial charge in [-0.05, 0) is 77.0 Å². The molecular weight excluding hydrogens is 520 g/mol. The lowest BCUT2D eigenvalue weighted by molar-refractivity contribution is -0.154. The Balaban J connectivity index is 4.09. The lowest BCUT2D eigenvalue weighted by atomic mass is 9.84. The molecule has 0 aliphatic rings. The van der Waals surface area contributed by atoms with Crippen molar-refractivity contribution in [2.24, 2.45) is 11.8 Å². The second-order valence-corrected chi connectivity index (χ2v) is 11.6. The van der Waals surface area contributed by atoms with Crippen LogP contribution in [-0.2, 0) is 9.59 Å². The summed E-state index contributed by atoms with van der Waals surface area (Å²) < 4.78 is 0. The number of rotatable bonds is 30. The number of allylic oxidation sites excluding steroid dienone is 10. The van der Waals surface area contributed by atoms with Crippen LogP contribution in [0.4, 0.5) is 0 Å². The molecule has 0 fully saturated rings. The van der Waals surface area contributed by atoms with E-state index in [-0.39, 0.29) is 0 Å². The van der Waals surface area contributed by atoms with Gasteiger partial charge in [0.2, 0.25) is 0 Å². The zero-order chi connectivity index (χ0) is 30.9.